The molecular weight excluding hydrogens is 372 g/mol. The number of benzene rings is 1. The Morgan fingerprint density at radius 2 is 2.04 bits per heavy atom. The Kier molecular flexibility index (Phi) is 7.28. The van der Waals surface area contributed by atoms with Gasteiger partial charge >= 0.3 is 5.69 Å². The van der Waals surface area contributed by atoms with Gasteiger partial charge in [-0.3, -0.25) is 9.36 Å². The van der Waals surface area contributed by atoms with Crippen molar-refractivity contribution in [3.05, 3.63) is 57.6 Å². The van der Waals surface area contributed by atoms with Gasteiger partial charge in [-0.15, -0.1) is 0 Å². The summed E-state index contributed by atoms with van der Waals surface area (Å²) in [6, 6.07) is 10.1. The first kappa shape index (κ1) is 20.6. The van der Waals surface area contributed by atoms with Crippen LogP contribution in [0.3, 0.4) is 0 Å². The van der Waals surface area contributed by atoms with Crippen molar-refractivity contribution in [3.63, 3.8) is 0 Å². The number of nitrogens with one attached hydrogen (secondary N) is 1. The Balaban J connectivity index is 1.57. The molecule has 2 aromatic rings. The number of carbonyl (C=O) groups is 1. The molecule has 0 saturated heterocycles. The molecule has 1 N–H and O–H groups in total. The van der Waals surface area contributed by atoms with E-state index in [1.807, 2.05) is 36.9 Å². The lowest BCUT2D eigenvalue weighted by atomic mass is 10.1. The second kappa shape index (κ2) is 9.89. The number of carbonyl (C=O) groups excluding carboxylic acids is 1. The predicted octanol–water partition coefficient (Wildman–Crippen LogP) is 1.74. The van der Waals surface area contributed by atoms with E-state index < -0.39 is 0 Å². The standard InChI is InChI=1S/C21H28N4O2S/c1-24(2)13-14-25-18-10-6-9-17(18)20(23-21(25)27)28-15-19(26)22-12-11-16-7-4-3-5-8-16/h3-5,7-8H,6,9-15H2,1-2H3,(H,22,26). The lowest BCUT2D eigenvalue weighted by Crippen LogP contribution is -2.31. The van der Waals surface area contributed by atoms with Gasteiger partial charge in [-0.1, -0.05) is 42.1 Å². The number of nitrogens with zero attached hydrogens (tertiary/aromatic N) is 3. The Labute approximate surface area is 170 Å². The quantitative estimate of drug-likeness (QED) is 0.513. The fourth-order valence-corrected chi connectivity index (χ4v) is 4.32. The molecule has 0 atom stereocenters. The maximum atomic E-state index is 12.5. The maximum Gasteiger partial charge on any atom is 0.348 e. The summed E-state index contributed by atoms with van der Waals surface area (Å²) in [6.45, 7) is 2.08. The summed E-state index contributed by atoms with van der Waals surface area (Å²) in [6.07, 6.45) is 3.70. The predicted molar refractivity (Wildman–Crippen MR) is 113 cm³/mol. The molecule has 1 aliphatic rings. The van der Waals surface area contributed by atoms with Crippen LogP contribution in [0.5, 0.6) is 0 Å². The van der Waals surface area contributed by atoms with Crippen LogP contribution in [0.1, 0.15) is 23.2 Å². The van der Waals surface area contributed by atoms with E-state index >= 15 is 0 Å². The fraction of sp³-hybridized carbons (Fsp3) is 0.476. The number of thioether (sulfide) groups is 1. The molecule has 7 heteroatoms. The van der Waals surface area contributed by atoms with Crippen LogP contribution in [0.2, 0.25) is 0 Å². The van der Waals surface area contributed by atoms with E-state index in [-0.39, 0.29) is 17.3 Å². The number of aromatic nitrogens is 2. The van der Waals surface area contributed by atoms with Gasteiger partial charge in [0, 0.05) is 30.9 Å². The minimum atomic E-state index is -0.200. The highest BCUT2D eigenvalue weighted by molar-refractivity contribution is 7.99. The summed E-state index contributed by atoms with van der Waals surface area (Å²) in [4.78, 5) is 31.1. The minimum absolute atomic E-state index is 0.0220. The molecule has 0 unspecified atom stereocenters. The lowest BCUT2D eigenvalue weighted by molar-refractivity contribution is -0.118. The van der Waals surface area contributed by atoms with E-state index in [0.717, 1.165) is 48.5 Å². The third kappa shape index (κ3) is 5.45. The minimum Gasteiger partial charge on any atom is -0.355 e. The van der Waals surface area contributed by atoms with Crippen LogP contribution in [0.4, 0.5) is 0 Å². The van der Waals surface area contributed by atoms with E-state index in [9.17, 15) is 9.59 Å². The Morgan fingerprint density at radius 3 is 2.79 bits per heavy atom. The zero-order chi connectivity index (χ0) is 19.9. The number of hydrogen-bond donors (Lipinski definition) is 1. The van der Waals surface area contributed by atoms with Crippen LogP contribution in [0, 0.1) is 0 Å². The first-order valence-electron chi connectivity index (χ1n) is 9.75. The van der Waals surface area contributed by atoms with Gasteiger partial charge < -0.3 is 10.2 Å². The van der Waals surface area contributed by atoms with Gasteiger partial charge in [0.1, 0.15) is 5.03 Å². The largest absolute Gasteiger partial charge is 0.355 e. The topological polar surface area (TPSA) is 67.2 Å². The molecule has 1 amide bonds. The summed E-state index contributed by atoms with van der Waals surface area (Å²) in [7, 11) is 4.00. The zero-order valence-electron chi connectivity index (χ0n) is 16.6. The van der Waals surface area contributed by atoms with E-state index in [0.29, 0.717) is 13.1 Å². The monoisotopic (exact) mass is 400 g/mol. The molecule has 0 fully saturated rings. The molecule has 0 aliphatic heterocycles. The first-order valence-corrected chi connectivity index (χ1v) is 10.7. The molecule has 6 nitrogen and oxygen atoms in total. The smallest absolute Gasteiger partial charge is 0.348 e. The third-order valence-corrected chi connectivity index (χ3v) is 5.91. The molecule has 1 aliphatic carbocycles. The van der Waals surface area contributed by atoms with Crippen molar-refractivity contribution in [2.45, 2.75) is 37.3 Å². The SMILES string of the molecule is CN(C)CCn1c2c(c(SCC(=O)NCCc3ccccc3)nc1=O)CCC2. The highest BCUT2D eigenvalue weighted by Gasteiger charge is 2.22. The van der Waals surface area contributed by atoms with E-state index in [2.05, 4.69) is 27.3 Å². The Hall–Kier alpha value is -2.12. The Bertz CT molecular complexity index is 865. The molecule has 1 heterocycles. The van der Waals surface area contributed by atoms with Crippen molar-refractivity contribution < 1.29 is 4.79 Å². The highest BCUT2D eigenvalue weighted by atomic mass is 32.2. The van der Waals surface area contributed by atoms with Crippen molar-refractivity contribution in [2.75, 3.05) is 32.9 Å². The second-order valence-electron chi connectivity index (χ2n) is 7.31. The van der Waals surface area contributed by atoms with Crippen LogP contribution in [0.15, 0.2) is 40.2 Å². The molecule has 0 saturated carbocycles. The number of hydrogen-bond acceptors (Lipinski definition) is 5. The van der Waals surface area contributed by atoms with Gasteiger partial charge in [0.25, 0.3) is 0 Å². The van der Waals surface area contributed by atoms with Crippen LogP contribution in [-0.4, -0.2) is 53.3 Å². The van der Waals surface area contributed by atoms with E-state index in [1.54, 1.807) is 0 Å². The molecule has 0 bridgehead atoms. The van der Waals surface area contributed by atoms with Gasteiger partial charge in [-0.2, -0.15) is 4.98 Å². The molecule has 1 aromatic heterocycles. The molecule has 3 rings (SSSR count). The molecule has 0 radical (unpaired) electrons. The van der Waals surface area contributed by atoms with Crippen molar-refractivity contribution in [1.82, 2.24) is 19.8 Å². The van der Waals surface area contributed by atoms with Crippen molar-refractivity contribution in [1.29, 1.82) is 0 Å². The number of fused-ring (bicyclic) bond motifs is 1. The maximum absolute atomic E-state index is 12.5. The number of amides is 1. The second-order valence-corrected chi connectivity index (χ2v) is 8.27. The van der Waals surface area contributed by atoms with Crippen LogP contribution in [0.25, 0.3) is 0 Å². The number of rotatable bonds is 9. The average Bonchev–Trinajstić information content (AvgIpc) is 3.16. The molecule has 1 aromatic carbocycles. The van der Waals surface area contributed by atoms with E-state index in [1.165, 1.54) is 17.3 Å². The summed E-state index contributed by atoms with van der Waals surface area (Å²) in [5, 5.41) is 3.68. The number of likely N-dealkylation sites (N-methyl/N-ethyl adjacent to an activating group) is 1. The van der Waals surface area contributed by atoms with Gasteiger partial charge in [-0.25, -0.2) is 4.79 Å². The third-order valence-electron chi connectivity index (χ3n) is 4.89. The van der Waals surface area contributed by atoms with Crippen molar-refractivity contribution in [3.8, 4) is 0 Å². The van der Waals surface area contributed by atoms with Crippen molar-refractivity contribution in [2.24, 2.45) is 0 Å². The lowest BCUT2D eigenvalue weighted by Gasteiger charge is -2.16. The van der Waals surface area contributed by atoms with Gasteiger partial charge in [-0.05, 0) is 45.3 Å². The summed E-state index contributed by atoms with van der Waals surface area (Å²) < 4.78 is 1.81. The van der Waals surface area contributed by atoms with Gasteiger partial charge in [0.15, 0.2) is 0 Å². The Morgan fingerprint density at radius 1 is 1.25 bits per heavy atom. The van der Waals surface area contributed by atoms with Crippen LogP contribution >= 0.6 is 11.8 Å². The molecule has 28 heavy (non-hydrogen) atoms. The fourth-order valence-electron chi connectivity index (χ4n) is 3.41. The molecular formula is C21H28N4O2S. The summed E-state index contributed by atoms with van der Waals surface area (Å²) in [5.41, 5.74) is 3.26. The van der Waals surface area contributed by atoms with Gasteiger partial charge in [0.05, 0.1) is 5.75 Å². The van der Waals surface area contributed by atoms with Crippen LogP contribution < -0.4 is 11.0 Å². The summed E-state index contributed by atoms with van der Waals surface area (Å²) in [5.74, 6) is 0.265. The van der Waals surface area contributed by atoms with E-state index in [4.69, 9.17) is 0 Å². The van der Waals surface area contributed by atoms with Gasteiger partial charge in [0.2, 0.25) is 5.91 Å². The highest BCUT2D eigenvalue weighted by Crippen LogP contribution is 2.29. The zero-order valence-corrected chi connectivity index (χ0v) is 17.4. The molecule has 150 valence electrons. The normalized spacial score (nSPS) is 13.0. The molecule has 0 spiro atoms. The summed E-state index contributed by atoms with van der Waals surface area (Å²) >= 11 is 1.38. The average molecular weight is 401 g/mol. The van der Waals surface area contributed by atoms with Crippen LogP contribution in [-0.2, 0) is 30.6 Å². The first-order chi connectivity index (χ1) is 13.5. The van der Waals surface area contributed by atoms with Crippen molar-refractivity contribution >= 4 is 17.7 Å².